The van der Waals surface area contributed by atoms with Crippen LogP contribution in [0.1, 0.15) is 20.3 Å². The number of rotatable bonds is 5. The summed E-state index contributed by atoms with van der Waals surface area (Å²) in [5.41, 5.74) is 1.37. The van der Waals surface area contributed by atoms with Gasteiger partial charge in [-0.25, -0.2) is 4.79 Å². The van der Waals surface area contributed by atoms with Crippen molar-refractivity contribution in [1.82, 2.24) is 10.6 Å². The molecule has 0 aromatic heterocycles. The van der Waals surface area contributed by atoms with Gasteiger partial charge >= 0.3 is 6.03 Å². The molecule has 1 unspecified atom stereocenters. The molecule has 8 heteroatoms. The summed E-state index contributed by atoms with van der Waals surface area (Å²) in [7, 11) is 0. The molecule has 1 saturated heterocycles. The number of carbonyl (C=O) groups is 2. The second kappa shape index (κ2) is 10.1. The van der Waals surface area contributed by atoms with Crippen molar-refractivity contribution in [2.45, 2.75) is 32.4 Å². The third kappa shape index (κ3) is 7.16. The minimum absolute atomic E-state index is 0. The average molecular weight is 357 g/mol. The topological polar surface area (TPSA) is 91.5 Å². The molecule has 0 aliphatic carbocycles. The summed E-state index contributed by atoms with van der Waals surface area (Å²) in [5, 5.41) is 11.6. The second-order valence-electron chi connectivity index (χ2n) is 5.81. The summed E-state index contributed by atoms with van der Waals surface area (Å²) >= 11 is 0. The smallest absolute Gasteiger partial charge is 0.319 e. The van der Waals surface area contributed by atoms with E-state index in [0.29, 0.717) is 31.0 Å². The molecule has 1 fully saturated rings. The van der Waals surface area contributed by atoms with Gasteiger partial charge in [-0.1, -0.05) is 0 Å². The largest absolute Gasteiger partial charge is 0.378 e. The van der Waals surface area contributed by atoms with Crippen molar-refractivity contribution in [3.8, 4) is 0 Å². The van der Waals surface area contributed by atoms with E-state index in [1.165, 1.54) is 0 Å². The molecule has 7 nitrogen and oxygen atoms in total. The molecule has 0 saturated carbocycles. The van der Waals surface area contributed by atoms with E-state index in [2.05, 4.69) is 21.3 Å². The molecular formula is C16H25ClN4O3. The number of hydrogen-bond acceptors (Lipinski definition) is 4. The van der Waals surface area contributed by atoms with Crippen LogP contribution in [0.25, 0.3) is 0 Å². The molecule has 1 aliphatic heterocycles. The summed E-state index contributed by atoms with van der Waals surface area (Å²) in [6.07, 6.45) is 0.372. The molecule has 4 N–H and O–H groups in total. The van der Waals surface area contributed by atoms with Gasteiger partial charge in [-0.15, -0.1) is 12.4 Å². The first kappa shape index (κ1) is 20.2. The number of hydrogen-bond donors (Lipinski definition) is 4. The van der Waals surface area contributed by atoms with Gasteiger partial charge in [0, 0.05) is 36.4 Å². The fourth-order valence-electron chi connectivity index (χ4n) is 2.25. The molecule has 2 rings (SSSR count). The van der Waals surface area contributed by atoms with E-state index in [1.807, 2.05) is 13.8 Å². The molecule has 1 aliphatic rings. The van der Waals surface area contributed by atoms with Crippen LogP contribution in [0.15, 0.2) is 24.3 Å². The minimum atomic E-state index is -0.250. The lowest BCUT2D eigenvalue weighted by atomic mass is 10.2. The van der Waals surface area contributed by atoms with Gasteiger partial charge in [-0.05, 0) is 38.1 Å². The summed E-state index contributed by atoms with van der Waals surface area (Å²) < 4.78 is 5.32. The lowest BCUT2D eigenvalue weighted by Gasteiger charge is -2.23. The zero-order chi connectivity index (χ0) is 16.7. The lowest BCUT2D eigenvalue weighted by molar-refractivity contribution is -0.117. The molecule has 0 bridgehead atoms. The van der Waals surface area contributed by atoms with Crippen molar-refractivity contribution in [2.75, 3.05) is 30.4 Å². The van der Waals surface area contributed by atoms with Crippen LogP contribution in [-0.2, 0) is 9.53 Å². The van der Waals surface area contributed by atoms with E-state index < -0.39 is 0 Å². The maximum Gasteiger partial charge on any atom is 0.319 e. The Balaban J connectivity index is 0.00000288. The van der Waals surface area contributed by atoms with Crippen LogP contribution in [0, 0.1) is 0 Å². The Kier molecular flexibility index (Phi) is 8.53. The van der Waals surface area contributed by atoms with Crippen molar-refractivity contribution < 1.29 is 14.3 Å². The van der Waals surface area contributed by atoms with Gasteiger partial charge in [0.15, 0.2) is 0 Å². The van der Waals surface area contributed by atoms with Crippen molar-refractivity contribution in [1.29, 1.82) is 0 Å². The zero-order valence-corrected chi connectivity index (χ0v) is 14.7. The molecule has 3 amide bonds. The molecule has 0 radical (unpaired) electrons. The number of amides is 3. The fourth-order valence-corrected chi connectivity index (χ4v) is 2.25. The summed E-state index contributed by atoms with van der Waals surface area (Å²) in [6, 6.07) is 6.90. The number of halogens is 1. The first-order valence-corrected chi connectivity index (χ1v) is 7.81. The number of urea groups is 1. The van der Waals surface area contributed by atoms with Gasteiger partial charge in [-0.2, -0.15) is 0 Å². The number of nitrogens with one attached hydrogen (secondary N) is 4. The second-order valence-corrected chi connectivity index (χ2v) is 5.81. The summed E-state index contributed by atoms with van der Waals surface area (Å²) in [5.74, 6) is -0.0636. The monoisotopic (exact) mass is 356 g/mol. The number of carbonyl (C=O) groups excluding carboxylic acids is 2. The molecule has 134 valence electrons. The lowest BCUT2D eigenvalue weighted by Crippen LogP contribution is -2.43. The minimum Gasteiger partial charge on any atom is -0.378 e. The average Bonchev–Trinajstić information content (AvgIpc) is 2.49. The van der Waals surface area contributed by atoms with Crippen molar-refractivity contribution in [3.05, 3.63) is 24.3 Å². The fraction of sp³-hybridized carbons (Fsp3) is 0.500. The van der Waals surface area contributed by atoms with Crippen LogP contribution in [0.2, 0.25) is 0 Å². The van der Waals surface area contributed by atoms with Crippen LogP contribution in [0.5, 0.6) is 0 Å². The quantitative estimate of drug-likeness (QED) is 0.649. The number of morpholine rings is 1. The first-order valence-electron chi connectivity index (χ1n) is 7.81. The van der Waals surface area contributed by atoms with Crippen LogP contribution in [0.3, 0.4) is 0 Å². The molecular weight excluding hydrogens is 332 g/mol. The van der Waals surface area contributed by atoms with E-state index in [0.717, 1.165) is 6.54 Å². The highest BCUT2D eigenvalue weighted by Gasteiger charge is 2.16. The summed E-state index contributed by atoms with van der Waals surface area (Å²) in [6.45, 7) is 5.81. The third-order valence-electron chi connectivity index (χ3n) is 3.28. The van der Waals surface area contributed by atoms with E-state index in [1.54, 1.807) is 24.3 Å². The van der Waals surface area contributed by atoms with Crippen molar-refractivity contribution >= 4 is 35.7 Å². The van der Waals surface area contributed by atoms with Gasteiger partial charge in [0.25, 0.3) is 0 Å². The third-order valence-corrected chi connectivity index (χ3v) is 3.28. The SMILES string of the molecule is CC(C)NC(=O)Nc1ccc(NC(=O)CC2COCCN2)cc1.Cl. The van der Waals surface area contributed by atoms with Crippen molar-refractivity contribution in [3.63, 3.8) is 0 Å². The highest BCUT2D eigenvalue weighted by atomic mass is 35.5. The number of anilines is 2. The Bertz CT molecular complexity index is 531. The Morgan fingerprint density at radius 3 is 2.38 bits per heavy atom. The number of benzene rings is 1. The predicted octanol–water partition coefficient (Wildman–Crippen LogP) is 1.96. The van der Waals surface area contributed by atoms with Crippen LogP contribution >= 0.6 is 12.4 Å². The molecule has 1 aromatic rings. The Morgan fingerprint density at radius 1 is 1.21 bits per heavy atom. The van der Waals surface area contributed by atoms with E-state index in [-0.39, 0.29) is 36.4 Å². The highest BCUT2D eigenvalue weighted by molar-refractivity contribution is 5.92. The van der Waals surface area contributed by atoms with Crippen LogP contribution in [-0.4, -0.2) is 43.8 Å². The predicted molar refractivity (Wildman–Crippen MR) is 96.8 cm³/mol. The molecule has 1 atom stereocenters. The highest BCUT2D eigenvalue weighted by Crippen LogP contribution is 2.14. The first-order chi connectivity index (χ1) is 11.0. The van der Waals surface area contributed by atoms with E-state index in [9.17, 15) is 9.59 Å². The van der Waals surface area contributed by atoms with Crippen molar-refractivity contribution in [2.24, 2.45) is 0 Å². The van der Waals surface area contributed by atoms with Gasteiger partial charge in [0.05, 0.1) is 13.2 Å². The molecule has 0 spiro atoms. The Labute approximate surface area is 148 Å². The van der Waals surface area contributed by atoms with Crippen LogP contribution in [0.4, 0.5) is 16.2 Å². The maximum absolute atomic E-state index is 12.0. The van der Waals surface area contributed by atoms with Crippen LogP contribution < -0.4 is 21.3 Å². The Hall–Kier alpha value is -1.83. The normalized spacial score (nSPS) is 16.9. The number of ether oxygens (including phenoxy) is 1. The molecule has 24 heavy (non-hydrogen) atoms. The van der Waals surface area contributed by atoms with E-state index >= 15 is 0 Å². The molecule has 1 heterocycles. The maximum atomic E-state index is 12.0. The van der Waals surface area contributed by atoms with Gasteiger partial charge in [0.2, 0.25) is 5.91 Å². The summed E-state index contributed by atoms with van der Waals surface area (Å²) in [4.78, 5) is 23.6. The van der Waals surface area contributed by atoms with Gasteiger partial charge in [-0.3, -0.25) is 4.79 Å². The zero-order valence-electron chi connectivity index (χ0n) is 13.9. The van der Waals surface area contributed by atoms with E-state index in [4.69, 9.17) is 4.74 Å². The Morgan fingerprint density at radius 2 is 1.83 bits per heavy atom. The van der Waals surface area contributed by atoms with Gasteiger partial charge < -0.3 is 26.0 Å². The van der Waals surface area contributed by atoms with Gasteiger partial charge in [0.1, 0.15) is 0 Å². The standard InChI is InChI=1S/C16H24N4O3.ClH/c1-11(2)18-16(22)20-13-5-3-12(4-6-13)19-15(21)9-14-10-23-8-7-17-14;/h3-6,11,14,17H,7-10H2,1-2H3,(H,19,21)(H2,18,20,22);1H. The molecule has 1 aromatic carbocycles.